The maximum absolute atomic E-state index is 11.7. The fraction of sp³-hybridized carbons (Fsp3) is 0.595. The zero-order valence-corrected chi connectivity index (χ0v) is 30.3. The average Bonchev–Trinajstić information content (AvgIpc) is 3.61. The number of allylic oxidation sites excluding steroid dienone is 4. The largest absolute Gasteiger partial charge is 0.465 e. The van der Waals surface area contributed by atoms with Gasteiger partial charge in [0.15, 0.2) is 0 Å². The van der Waals surface area contributed by atoms with Gasteiger partial charge in [0.05, 0.1) is 37.6 Å². The summed E-state index contributed by atoms with van der Waals surface area (Å²) in [4.78, 5) is 37.2. The molecule has 0 saturated heterocycles. The molecule has 1 N–H and O–H groups in total. The minimum atomic E-state index is -0.274. The Hall–Kier alpha value is -2.59. The van der Waals surface area contributed by atoms with Gasteiger partial charge in [-0.3, -0.25) is 4.79 Å². The highest BCUT2D eigenvalue weighted by atomic mass is 32.1. The minimum absolute atomic E-state index is 0.146. The second kappa shape index (κ2) is 18.7. The molecule has 5 rings (SSSR count). The average molecular weight is 673 g/mol. The van der Waals surface area contributed by atoms with E-state index in [1.807, 2.05) is 24.6 Å². The summed E-state index contributed by atoms with van der Waals surface area (Å²) in [5, 5.41) is 13.4. The summed E-state index contributed by atoms with van der Waals surface area (Å²) < 4.78 is 14.6. The predicted octanol–water partition coefficient (Wildman–Crippen LogP) is 9.28. The predicted molar refractivity (Wildman–Crippen MR) is 188 cm³/mol. The van der Waals surface area contributed by atoms with E-state index in [9.17, 15) is 19.5 Å². The molecular formula is C37H52O7S2. The molecule has 0 spiro atoms. The van der Waals surface area contributed by atoms with Crippen LogP contribution >= 0.6 is 22.7 Å². The van der Waals surface area contributed by atoms with Gasteiger partial charge in [0.25, 0.3) is 0 Å². The monoisotopic (exact) mass is 672 g/mol. The molecule has 0 atom stereocenters. The molecule has 0 radical (unpaired) electrons. The van der Waals surface area contributed by atoms with Crippen LogP contribution in [0.5, 0.6) is 0 Å². The van der Waals surface area contributed by atoms with Crippen molar-refractivity contribution in [3.05, 3.63) is 53.9 Å². The zero-order chi connectivity index (χ0) is 33.8. The van der Waals surface area contributed by atoms with Gasteiger partial charge in [0.1, 0.15) is 5.78 Å². The number of carbonyl (C=O) groups is 3. The van der Waals surface area contributed by atoms with Gasteiger partial charge in [-0.15, -0.1) is 22.7 Å². The Balaban J connectivity index is 0.000000212. The van der Waals surface area contributed by atoms with Crippen molar-refractivity contribution >= 4 is 51.5 Å². The fourth-order valence-corrected chi connectivity index (χ4v) is 8.64. The number of rotatable bonds is 7. The van der Waals surface area contributed by atoms with Gasteiger partial charge in [-0.1, -0.05) is 25.0 Å². The molecule has 254 valence electrons. The summed E-state index contributed by atoms with van der Waals surface area (Å²) >= 11 is 3.23. The van der Waals surface area contributed by atoms with E-state index in [1.54, 1.807) is 29.8 Å². The van der Waals surface area contributed by atoms with Gasteiger partial charge < -0.3 is 19.3 Å². The molecular weight excluding hydrogens is 621 g/mol. The number of ether oxygens (including phenoxy) is 3. The van der Waals surface area contributed by atoms with Crippen LogP contribution in [0.2, 0.25) is 0 Å². The van der Waals surface area contributed by atoms with Gasteiger partial charge in [0.2, 0.25) is 0 Å². The molecule has 0 bridgehead atoms. The third-order valence-corrected chi connectivity index (χ3v) is 11.6. The van der Waals surface area contributed by atoms with E-state index < -0.39 is 0 Å². The van der Waals surface area contributed by atoms with Gasteiger partial charge in [-0.25, -0.2) is 9.59 Å². The number of methoxy groups -OCH3 is 3. The van der Waals surface area contributed by atoms with Crippen molar-refractivity contribution in [1.29, 1.82) is 0 Å². The summed E-state index contributed by atoms with van der Waals surface area (Å²) in [5.41, 5.74) is 8.86. The van der Waals surface area contributed by atoms with Crippen LogP contribution < -0.4 is 0 Å². The van der Waals surface area contributed by atoms with E-state index in [0.29, 0.717) is 35.9 Å². The molecule has 46 heavy (non-hydrogen) atoms. The van der Waals surface area contributed by atoms with Crippen LogP contribution in [0.25, 0.3) is 11.1 Å². The highest BCUT2D eigenvalue weighted by Crippen LogP contribution is 2.39. The Kier molecular flexibility index (Phi) is 15.4. The van der Waals surface area contributed by atoms with Gasteiger partial charge in [-0.2, -0.15) is 0 Å². The van der Waals surface area contributed by atoms with Crippen LogP contribution in [0.4, 0.5) is 0 Å². The van der Waals surface area contributed by atoms with E-state index in [-0.39, 0.29) is 18.0 Å². The van der Waals surface area contributed by atoms with Gasteiger partial charge >= 0.3 is 11.9 Å². The Morgan fingerprint density at radius 2 is 1.17 bits per heavy atom. The number of Topliss-reactive ketones (excluding diaryl/α,β-unsaturated/α-hetero) is 1. The number of esters is 2. The standard InChI is InChI=1S/C16H22O3S.C16H20O3S.C5H10O/c2*1-4-13(11-5-7-12(17)8-6-11)15-10(2)14(9-20-15)16(18)19-3;1-6-5-3-2-4-5/h9,12,17H,4-8H2,1-3H3;9H,4-8H2,1-3H3;5H,2-4H2,1H3. The lowest BCUT2D eigenvalue weighted by Gasteiger charge is -2.22. The molecule has 3 aliphatic carbocycles. The van der Waals surface area contributed by atoms with Crippen molar-refractivity contribution in [3.8, 4) is 0 Å². The van der Waals surface area contributed by atoms with Crippen molar-refractivity contribution < 1.29 is 33.7 Å². The van der Waals surface area contributed by atoms with Gasteiger partial charge in [-0.05, 0) is 107 Å². The van der Waals surface area contributed by atoms with Crippen LogP contribution in [0.3, 0.4) is 0 Å². The molecule has 0 aliphatic heterocycles. The fourth-order valence-electron chi connectivity index (χ4n) is 6.19. The van der Waals surface area contributed by atoms with Crippen LogP contribution in [-0.4, -0.2) is 56.4 Å². The number of ketones is 1. The Labute approximate surface area is 283 Å². The normalized spacial score (nSPS) is 18.0. The molecule has 2 heterocycles. The smallest absolute Gasteiger partial charge is 0.338 e. The molecule has 2 aromatic heterocycles. The SMILES string of the molecule is CCC(=C1CCC(=O)CC1)c1scc(C(=O)OC)c1C.CCC(=C1CCC(O)CC1)c1scc(C(=O)OC)c1C.COC1CCC1. The highest BCUT2D eigenvalue weighted by Gasteiger charge is 2.23. The summed E-state index contributed by atoms with van der Waals surface area (Å²) in [5.74, 6) is -0.170. The number of thiophene rings is 2. The molecule has 7 nitrogen and oxygen atoms in total. The Morgan fingerprint density at radius 3 is 1.50 bits per heavy atom. The van der Waals surface area contributed by atoms with Crippen molar-refractivity contribution in [1.82, 2.24) is 0 Å². The minimum Gasteiger partial charge on any atom is -0.465 e. The van der Waals surface area contributed by atoms with Crippen LogP contribution in [-0.2, 0) is 19.0 Å². The highest BCUT2D eigenvalue weighted by molar-refractivity contribution is 7.12. The van der Waals surface area contributed by atoms with Crippen molar-refractivity contribution in [2.75, 3.05) is 21.3 Å². The molecule has 0 unspecified atom stereocenters. The first-order chi connectivity index (χ1) is 22.1. The van der Waals surface area contributed by atoms with E-state index in [2.05, 4.69) is 13.8 Å². The zero-order valence-electron chi connectivity index (χ0n) is 28.7. The van der Waals surface area contributed by atoms with Crippen molar-refractivity contribution in [2.45, 2.75) is 123 Å². The first-order valence-electron chi connectivity index (χ1n) is 16.6. The van der Waals surface area contributed by atoms with Gasteiger partial charge in [0, 0.05) is 40.5 Å². The summed E-state index contributed by atoms with van der Waals surface area (Å²) in [6.07, 6.45) is 13.0. The number of carbonyl (C=O) groups excluding carboxylic acids is 3. The quantitative estimate of drug-likeness (QED) is 0.293. The van der Waals surface area contributed by atoms with E-state index in [0.717, 1.165) is 62.5 Å². The topological polar surface area (TPSA) is 99.1 Å². The number of aliphatic hydroxyl groups excluding tert-OH is 1. The first-order valence-corrected chi connectivity index (χ1v) is 18.3. The summed E-state index contributed by atoms with van der Waals surface area (Å²) in [6.45, 7) is 8.26. The molecule has 3 aliphatic rings. The van der Waals surface area contributed by atoms with Crippen molar-refractivity contribution in [3.63, 3.8) is 0 Å². The molecule has 3 fully saturated rings. The third-order valence-electron chi connectivity index (χ3n) is 9.35. The molecule has 2 aromatic rings. The number of aliphatic hydroxyl groups is 1. The second-order valence-corrected chi connectivity index (χ2v) is 13.9. The maximum Gasteiger partial charge on any atom is 0.338 e. The number of hydrogen-bond donors (Lipinski definition) is 1. The lowest BCUT2D eigenvalue weighted by Crippen LogP contribution is -2.18. The van der Waals surface area contributed by atoms with Crippen LogP contribution in [0, 0.1) is 13.8 Å². The van der Waals surface area contributed by atoms with E-state index in [4.69, 9.17) is 14.2 Å². The van der Waals surface area contributed by atoms with E-state index in [1.165, 1.54) is 65.5 Å². The summed E-state index contributed by atoms with van der Waals surface area (Å²) in [6, 6.07) is 0. The first kappa shape index (κ1) is 37.9. The van der Waals surface area contributed by atoms with Crippen LogP contribution in [0.15, 0.2) is 21.9 Å². The lowest BCUT2D eigenvalue weighted by atomic mass is 9.87. The maximum atomic E-state index is 11.7. The van der Waals surface area contributed by atoms with Crippen molar-refractivity contribution in [2.24, 2.45) is 0 Å². The third kappa shape index (κ3) is 9.72. The number of hydrogen-bond acceptors (Lipinski definition) is 9. The second-order valence-electron chi connectivity index (χ2n) is 12.1. The van der Waals surface area contributed by atoms with E-state index >= 15 is 0 Å². The lowest BCUT2D eigenvalue weighted by molar-refractivity contribution is -0.119. The molecule has 3 saturated carbocycles. The Bertz CT molecular complexity index is 1380. The Morgan fingerprint density at radius 1 is 0.739 bits per heavy atom. The summed E-state index contributed by atoms with van der Waals surface area (Å²) in [7, 11) is 4.61. The molecule has 9 heteroatoms. The van der Waals surface area contributed by atoms with Crippen LogP contribution in [0.1, 0.15) is 139 Å². The molecule has 0 amide bonds. The molecule has 0 aromatic carbocycles.